The number of benzene rings is 1. The second-order valence-electron chi connectivity index (χ2n) is 5.70. The Morgan fingerprint density at radius 1 is 1.35 bits per heavy atom. The normalized spacial score (nSPS) is 16.3. The van der Waals surface area contributed by atoms with Crippen LogP contribution in [-0.4, -0.2) is 36.8 Å². The number of carbonyl (C=O) groups is 3. The van der Waals surface area contributed by atoms with Crippen molar-refractivity contribution in [2.24, 2.45) is 0 Å². The van der Waals surface area contributed by atoms with Crippen LogP contribution in [-0.2, 0) is 20.7 Å². The van der Waals surface area contributed by atoms with E-state index < -0.39 is 18.9 Å². The van der Waals surface area contributed by atoms with Crippen molar-refractivity contribution < 1.29 is 28.8 Å². The molecule has 1 atom stereocenters. The van der Waals surface area contributed by atoms with Crippen molar-refractivity contribution in [3.63, 3.8) is 0 Å². The number of ether oxygens (including phenoxy) is 1. The smallest absolute Gasteiger partial charge is 0.526 e. The molecule has 0 radical (unpaired) electrons. The zero-order valence-corrected chi connectivity index (χ0v) is 13.2. The third-order valence-electron chi connectivity index (χ3n) is 3.87. The predicted molar refractivity (Wildman–Crippen MR) is 83.4 cm³/mol. The van der Waals surface area contributed by atoms with E-state index in [1.165, 1.54) is 14.0 Å². The van der Waals surface area contributed by atoms with Gasteiger partial charge in [0.1, 0.15) is 22.9 Å². The van der Waals surface area contributed by atoms with E-state index in [2.05, 4.69) is 0 Å². The Morgan fingerprint density at radius 3 is 2.74 bits per heavy atom. The van der Waals surface area contributed by atoms with Gasteiger partial charge in [-0.1, -0.05) is 12.1 Å². The number of para-hydroxylation sites is 1. The molecule has 1 aliphatic rings. The maximum atomic E-state index is 11.9. The molecule has 0 spiro atoms. The Morgan fingerprint density at radius 2 is 2.09 bits per heavy atom. The molecule has 0 saturated heterocycles. The van der Waals surface area contributed by atoms with Crippen LogP contribution >= 0.6 is 0 Å². The van der Waals surface area contributed by atoms with E-state index in [4.69, 9.17) is 9.39 Å². The molecule has 2 rings (SSSR count). The molecule has 1 aliphatic heterocycles. The number of fused-ring (bicyclic) bond motifs is 1. The van der Waals surface area contributed by atoms with Crippen LogP contribution in [0.3, 0.4) is 0 Å². The standard InChI is InChI=1S/C16H19BO6/c1-10(18)6-7-13(19)9-12-8-11-4-3-5-14(16(20)22-2)15(11)23-17(12)21/h3-5,12,21H,6-9H2,1-2H3/t12-/m1/s1. The van der Waals surface area contributed by atoms with Crippen molar-refractivity contribution in [3.8, 4) is 5.75 Å². The van der Waals surface area contributed by atoms with Crippen LogP contribution < -0.4 is 4.65 Å². The van der Waals surface area contributed by atoms with Crippen LogP contribution in [0.4, 0.5) is 0 Å². The SMILES string of the molecule is COC(=O)c1cccc2c1OB(O)[C@@H](CC(=O)CCC(C)=O)C2. The van der Waals surface area contributed by atoms with Crippen LogP contribution in [0.15, 0.2) is 18.2 Å². The minimum absolute atomic E-state index is 0.0353. The first-order chi connectivity index (χ1) is 10.9. The van der Waals surface area contributed by atoms with Gasteiger partial charge in [0.2, 0.25) is 0 Å². The minimum Gasteiger partial charge on any atom is -0.535 e. The summed E-state index contributed by atoms with van der Waals surface area (Å²) in [4.78, 5) is 34.6. The lowest BCUT2D eigenvalue weighted by Crippen LogP contribution is -2.35. The Bertz CT molecular complexity index is 627. The fourth-order valence-corrected chi connectivity index (χ4v) is 2.64. The van der Waals surface area contributed by atoms with Gasteiger partial charge < -0.3 is 19.2 Å². The summed E-state index contributed by atoms with van der Waals surface area (Å²) in [5.74, 6) is -0.744. The van der Waals surface area contributed by atoms with Gasteiger partial charge in [0.15, 0.2) is 0 Å². The van der Waals surface area contributed by atoms with Gasteiger partial charge in [0, 0.05) is 25.1 Å². The van der Waals surface area contributed by atoms with E-state index in [0.29, 0.717) is 12.2 Å². The highest BCUT2D eigenvalue weighted by Gasteiger charge is 2.37. The van der Waals surface area contributed by atoms with Crippen molar-refractivity contribution in [2.45, 2.75) is 38.4 Å². The summed E-state index contributed by atoms with van der Waals surface area (Å²) < 4.78 is 10.2. The quantitative estimate of drug-likeness (QED) is 0.633. The highest BCUT2D eigenvalue weighted by molar-refractivity contribution is 6.47. The van der Waals surface area contributed by atoms with E-state index >= 15 is 0 Å². The first kappa shape index (κ1) is 17.2. The van der Waals surface area contributed by atoms with Crippen molar-refractivity contribution in [1.29, 1.82) is 0 Å². The fourth-order valence-electron chi connectivity index (χ4n) is 2.64. The second-order valence-corrected chi connectivity index (χ2v) is 5.70. The van der Waals surface area contributed by atoms with E-state index in [0.717, 1.165) is 5.56 Å². The molecule has 0 saturated carbocycles. The number of hydrogen-bond acceptors (Lipinski definition) is 6. The Balaban J connectivity index is 2.11. The molecule has 1 aromatic rings. The molecule has 1 aromatic carbocycles. The van der Waals surface area contributed by atoms with Crippen molar-refractivity contribution in [2.75, 3.05) is 7.11 Å². The van der Waals surface area contributed by atoms with Crippen molar-refractivity contribution >= 4 is 24.7 Å². The first-order valence-corrected chi connectivity index (χ1v) is 7.48. The summed E-state index contributed by atoms with van der Waals surface area (Å²) in [5.41, 5.74) is 1.01. The number of carbonyl (C=O) groups excluding carboxylic acids is 3. The van der Waals surface area contributed by atoms with E-state index in [1.807, 2.05) is 0 Å². The number of Topliss-reactive ketones (excluding diaryl/α,β-unsaturated/α-hetero) is 2. The maximum absolute atomic E-state index is 11.9. The van der Waals surface area contributed by atoms with Gasteiger partial charge in [0.05, 0.1) is 7.11 Å². The number of ketones is 2. The van der Waals surface area contributed by atoms with Gasteiger partial charge in [-0.25, -0.2) is 4.79 Å². The number of esters is 1. The first-order valence-electron chi connectivity index (χ1n) is 7.48. The van der Waals surface area contributed by atoms with Gasteiger partial charge >= 0.3 is 13.1 Å². The van der Waals surface area contributed by atoms with Crippen molar-refractivity contribution in [3.05, 3.63) is 29.3 Å². The highest BCUT2D eigenvalue weighted by Crippen LogP contribution is 2.36. The Hall–Kier alpha value is -2.15. The van der Waals surface area contributed by atoms with Gasteiger partial charge in [0.25, 0.3) is 0 Å². The summed E-state index contributed by atoms with van der Waals surface area (Å²) in [5, 5.41) is 10.1. The number of methoxy groups -OCH3 is 1. The maximum Gasteiger partial charge on any atom is 0.526 e. The van der Waals surface area contributed by atoms with Gasteiger partial charge in [-0.3, -0.25) is 4.79 Å². The highest BCUT2D eigenvalue weighted by atomic mass is 16.5. The molecular weight excluding hydrogens is 299 g/mol. The summed E-state index contributed by atoms with van der Waals surface area (Å²) in [6, 6.07) is 5.07. The largest absolute Gasteiger partial charge is 0.535 e. The van der Waals surface area contributed by atoms with E-state index in [9.17, 15) is 19.4 Å². The molecular formula is C16H19BO6. The number of hydrogen-bond donors (Lipinski definition) is 1. The zero-order valence-electron chi connectivity index (χ0n) is 13.2. The third-order valence-corrected chi connectivity index (χ3v) is 3.87. The predicted octanol–water partition coefficient (Wildman–Crippen LogP) is 1.59. The van der Waals surface area contributed by atoms with Crippen molar-refractivity contribution in [1.82, 2.24) is 0 Å². The average Bonchev–Trinajstić information content (AvgIpc) is 2.52. The van der Waals surface area contributed by atoms with E-state index in [1.54, 1.807) is 18.2 Å². The summed E-state index contributed by atoms with van der Waals surface area (Å²) >= 11 is 0. The summed E-state index contributed by atoms with van der Waals surface area (Å²) in [6.07, 6.45) is 0.947. The fraction of sp³-hybridized carbons (Fsp3) is 0.438. The molecule has 0 fully saturated rings. The van der Waals surface area contributed by atoms with Crippen LogP contribution in [0, 0.1) is 0 Å². The lowest BCUT2D eigenvalue weighted by Gasteiger charge is -2.28. The lowest BCUT2D eigenvalue weighted by molar-refractivity contribution is -0.123. The summed E-state index contributed by atoms with van der Waals surface area (Å²) in [7, 11) is 0.104. The monoisotopic (exact) mass is 318 g/mol. The Labute approximate surface area is 134 Å². The molecule has 7 heteroatoms. The van der Waals surface area contributed by atoms with Gasteiger partial charge in [-0.2, -0.15) is 0 Å². The molecule has 1 N–H and O–H groups in total. The van der Waals surface area contributed by atoms with Crippen LogP contribution in [0.1, 0.15) is 42.1 Å². The molecule has 23 heavy (non-hydrogen) atoms. The second kappa shape index (κ2) is 7.41. The minimum atomic E-state index is -1.17. The molecule has 1 heterocycles. The van der Waals surface area contributed by atoms with E-state index in [-0.39, 0.29) is 36.4 Å². The van der Waals surface area contributed by atoms with Crippen LogP contribution in [0.5, 0.6) is 5.75 Å². The molecule has 0 aliphatic carbocycles. The average molecular weight is 318 g/mol. The molecule has 122 valence electrons. The molecule has 0 aromatic heterocycles. The van der Waals surface area contributed by atoms with Gasteiger partial charge in [-0.15, -0.1) is 0 Å². The van der Waals surface area contributed by atoms with Gasteiger partial charge in [-0.05, 0) is 25.0 Å². The molecule has 6 nitrogen and oxygen atoms in total. The Kier molecular flexibility index (Phi) is 5.55. The topological polar surface area (TPSA) is 89.9 Å². The molecule has 0 bridgehead atoms. The lowest BCUT2D eigenvalue weighted by atomic mass is 9.64. The zero-order chi connectivity index (χ0) is 17.0. The molecule has 0 unspecified atom stereocenters. The third kappa shape index (κ3) is 4.19. The van der Waals surface area contributed by atoms with Crippen LogP contribution in [0.2, 0.25) is 5.82 Å². The number of rotatable bonds is 6. The van der Waals surface area contributed by atoms with Crippen LogP contribution in [0.25, 0.3) is 0 Å². The summed E-state index contributed by atoms with van der Waals surface area (Å²) in [6.45, 7) is 1.44. The molecule has 0 amide bonds.